The van der Waals surface area contributed by atoms with Gasteiger partial charge in [-0.2, -0.15) is 0 Å². The standard InChI is InChI=1S/C30H42O10/c1-14-11-22(37-17(4)32)27-28(40-20(7)35)26-15(2)21(36-16(3)31)12-24(39-19(6)34)30(26,10)13-23(38-18(5)33)25(14)29(27,8)9/h21-24,26-28H,2,11-13H2,1,3-10H3/t21-,22-,23-,24-,26-,27-,28-,30+/m0/s1. The van der Waals surface area contributed by atoms with Crippen LogP contribution in [0.4, 0.5) is 0 Å². The number of carbonyl (C=O) groups excluding carboxylic acids is 5. The number of fused-ring (bicyclic) bond motifs is 3. The molecule has 0 saturated heterocycles. The minimum atomic E-state index is -0.988. The van der Waals surface area contributed by atoms with E-state index in [1.807, 2.05) is 27.7 Å². The molecule has 222 valence electrons. The molecular weight excluding hydrogens is 520 g/mol. The molecule has 0 heterocycles. The van der Waals surface area contributed by atoms with Gasteiger partial charge in [-0.05, 0) is 29.9 Å². The molecule has 3 aliphatic carbocycles. The lowest BCUT2D eigenvalue weighted by atomic mass is 9.49. The van der Waals surface area contributed by atoms with Gasteiger partial charge in [0.1, 0.15) is 30.5 Å². The third-order valence-electron chi connectivity index (χ3n) is 8.76. The Balaban J connectivity index is 2.39. The van der Waals surface area contributed by atoms with E-state index in [1.165, 1.54) is 34.6 Å². The molecule has 2 saturated carbocycles. The Bertz CT molecular complexity index is 1130. The van der Waals surface area contributed by atoms with Gasteiger partial charge < -0.3 is 23.7 Å². The van der Waals surface area contributed by atoms with Gasteiger partial charge in [0.05, 0.1) is 0 Å². The average molecular weight is 563 g/mol. The van der Waals surface area contributed by atoms with Crippen molar-refractivity contribution in [2.75, 3.05) is 0 Å². The molecule has 0 amide bonds. The predicted molar refractivity (Wildman–Crippen MR) is 142 cm³/mol. The van der Waals surface area contributed by atoms with Crippen molar-refractivity contribution in [3.8, 4) is 0 Å². The van der Waals surface area contributed by atoms with Crippen LogP contribution in [0, 0.1) is 22.7 Å². The molecule has 3 aliphatic rings. The van der Waals surface area contributed by atoms with Crippen LogP contribution in [-0.4, -0.2) is 60.4 Å². The van der Waals surface area contributed by atoms with Crippen LogP contribution >= 0.6 is 0 Å². The minimum absolute atomic E-state index is 0.129. The highest BCUT2D eigenvalue weighted by Crippen LogP contribution is 2.61. The fourth-order valence-corrected chi connectivity index (χ4v) is 7.71. The predicted octanol–water partition coefficient (Wildman–Crippen LogP) is 3.99. The van der Waals surface area contributed by atoms with E-state index in [1.54, 1.807) is 0 Å². The summed E-state index contributed by atoms with van der Waals surface area (Å²) in [5.41, 5.74) is 0.468. The summed E-state index contributed by atoms with van der Waals surface area (Å²) in [7, 11) is 0. The van der Waals surface area contributed by atoms with Crippen molar-refractivity contribution in [2.24, 2.45) is 22.7 Å². The summed E-state index contributed by atoms with van der Waals surface area (Å²) in [6, 6.07) is 0. The number of hydrogen-bond donors (Lipinski definition) is 0. The fourth-order valence-electron chi connectivity index (χ4n) is 7.71. The van der Waals surface area contributed by atoms with Crippen LogP contribution in [-0.2, 0) is 47.7 Å². The molecule has 2 bridgehead atoms. The van der Waals surface area contributed by atoms with Crippen LogP contribution in [0.1, 0.15) is 81.6 Å². The van der Waals surface area contributed by atoms with Crippen LogP contribution in [0.5, 0.6) is 0 Å². The lowest BCUT2D eigenvalue weighted by Gasteiger charge is -2.60. The maximum Gasteiger partial charge on any atom is 0.303 e. The Labute approximate surface area is 235 Å². The molecule has 10 heteroatoms. The Morgan fingerprint density at radius 2 is 1.25 bits per heavy atom. The summed E-state index contributed by atoms with van der Waals surface area (Å²) in [6.45, 7) is 18.6. The van der Waals surface area contributed by atoms with Gasteiger partial charge in [-0.1, -0.05) is 32.9 Å². The van der Waals surface area contributed by atoms with Crippen molar-refractivity contribution in [3.63, 3.8) is 0 Å². The molecule has 40 heavy (non-hydrogen) atoms. The van der Waals surface area contributed by atoms with E-state index >= 15 is 0 Å². The van der Waals surface area contributed by atoms with Crippen molar-refractivity contribution in [1.82, 2.24) is 0 Å². The van der Waals surface area contributed by atoms with E-state index in [-0.39, 0.29) is 12.8 Å². The van der Waals surface area contributed by atoms with Gasteiger partial charge in [0, 0.05) is 64.7 Å². The first-order valence-electron chi connectivity index (χ1n) is 13.6. The summed E-state index contributed by atoms with van der Waals surface area (Å²) in [6.07, 6.45) is -3.26. The molecule has 0 aromatic rings. The number of ether oxygens (including phenoxy) is 5. The summed E-state index contributed by atoms with van der Waals surface area (Å²) in [5, 5.41) is 0. The zero-order chi connectivity index (χ0) is 30.3. The first-order chi connectivity index (χ1) is 18.4. The van der Waals surface area contributed by atoms with E-state index in [0.29, 0.717) is 12.0 Å². The van der Waals surface area contributed by atoms with Crippen molar-refractivity contribution < 1.29 is 47.7 Å². The van der Waals surface area contributed by atoms with Crippen molar-refractivity contribution >= 4 is 29.8 Å². The second kappa shape index (κ2) is 11.4. The Kier molecular flexibility index (Phi) is 8.91. The van der Waals surface area contributed by atoms with Gasteiger partial charge in [0.2, 0.25) is 0 Å². The van der Waals surface area contributed by atoms with Gasteiger partial charge in [0.15, 0.2) is 0 Å². The maximum atomic E-state index is 12.7. The number of hydrogen-bond acceptors (Lipinski definition) is 10. The van der Waals surface area contributed by atoms with Crippen molar-refractivity contribution in [1.29, 1.82) is 0 Å². The first-order valence-corrected chi connectivity index (χ1v) is 13.6. The van der Waals surface area contributed by atoms with Gasteiger partial charge in [-0.25, -0.2) is 0 Å². The van der Waals surface area contributed by atoms with E-state index in [9.17, 15) is 24.0 Å². The molecule has 0 radical (unpaired) electrons. The van der Waals surface area contributed by atoms with Crippen molar-refractivity contribution in [2.45, 2.75) is 112 Å². The Morgan fingerprint density at radius 1 is 0.750 bits per heavy atom. The molecule has 0 spiro atoms. The zero-order valence-corrected chi connectivity index (χ0v) is 25.0. The summed E-state index contributed by atoms with van der Waals surface area (Å²) >= 11 is 0. The molecule has 0 aliphatic heterocycles. The first kappa shape index (κ1) is 31.4. The average Bonchev–Trinajstić information content (AvgIpc) is 2.73. The lowest BCUT2D eigenvalue weighted by Crippen LogP contribution is -2.64. The monoisotopic (exact) mass is 562 g/mol. The molecule has 0 aromatic carbocycles. The summed E-state index contributed by atoms with van der Waals surface area (Å²) < 4.78 is 29.5. The Hall–Kier alpha value is -3.17. The van der Waals surface area contributed by atoms with E-state index in [4.69, 9.17) is 23.7 Å². The molecule has 3 rings (SSSR count). The topological polar surface area (TPSA) is 132 Å². The highest BCUT2D eigenvalue weighted by Gasteiger charge is 2.64. The third-order valence-corrected chi connectivity index (χ3v) is 8.76. The molecule has 10 nitrogen and oxygen atoms in total. The minimum Gasteiger partial charge on any atom is -0.462 e. The number of rotatable bonds is 5. The van der Waals surface area contributed by atoms with Gasteiger partial charge >= 0.3 is 29.8 Å². The quantitative estimate of drug-likeness (QED) is 0.275. The second-order valence-electron chi connectivity index (χ2n) is 12.2. The molecule has 0 aromatic heterocycles. The van der Waals surface area contributed by atoms with Gasteiger partial charge in [-0.15, -0.1) is 0 Å². The van der Waals surface area contributed by atoms with Crippen LogP contribution in [0.2, 0.25) is 0 Å². The fraction of sp³-hybridized carbons (Fsp3) is 0.700. The second-order valence-corrected chi connectivity index (χ2v) is 12.2. The highest BCUT2D eigenvalue weighted by atomic mass is 16.6. The van der Waals surface area contributed by atoms with Gasteiger partial charge in [-0.3, -0.25) is 24.0 Å². The largest absolute Gasteiger partial charge is 0.462 e. The highest BCUT2D eigenvalue weighted by molar-refractivity contribution is 5.69. The molecule has 0 N–H and O–H groups in total. The SMILES string of the molecule is C=C1[C@@H](OC(C)=O)C[C@H](OC(C)=O)[C@@]2(C)C[C@H](OC(C)=O)C3=C(C)C[C@H](OC(C)=O)[C@@H]([C@@H](OC(C)=O)[C@H]12)C3(C)C. The molecule has 0 unspecified atom stereocenters. The smallest absolute Gasteiger partial charge is 0.303 e. The van der Waals surface area contributed by atoms with Crippen molar-refractivity contribution in [3.05, 3.63) is 23.3 Å². The summed E-state index contributed by atoms with van der Waals surface area (Å²) in [4.78, 5) is 61.8. The lowest BCUT2D eigenvalue weighted by molar-refractivity contribution is -0.204. The zero-order valence-electron chi connectivity index (χ0n) is 25.0. The van der Waals surface area contributed by atoms with Crippen LogP contribution < -0.4 is 0 Å². The molecule has 8 atom stereocenters. The van der Waals surface area contributed by atoms with E-state index in [0.717, 1.165) is 11.1 Å². The van der Waals surface area contributed by atoms with Crippen LogP contribution in [0.15, 0.2) is 23.3 Å². The molecular formula is C30H42O10. The van der Waals surface area contributed by atoms with Gasteiger partial charge in [0.25, 0.3) is 0 Å². The summed E-state index contributed by atoms with van der Waals surface area (Å²) in [5.74, 6) is -3.93. The van der Waals surface area contributed by atoms with E-state index < -0.39 is 83.0 Å². The molecule has 2 fully saturated rings. The van der Waals surface area contributed by atoms with E-state index in [2.05, 4.69) is 6.58 Å². The third kappa shape index (κ3) is 5.95. The van der Waals surface area contributed by atoms with Crippen LogP contribution in [0.3, 0.4) is 0 Å². The normalized spacial score (nSPS) is 34.8. The maximum absolute atomic E-state index is 12.7. The number of esters is 5. The van der Waals surface area contributed by atoms with Crippen LogP contribution in [0.25, 0.3) is 0 Å². The Morgan fingerprint density at radius 3 is 1.75 bits per heavy atom. The number of carbonyl (C=O) groups is 5.